The van der Waals surface area contributed by atoms with E-state index in [1.54, 1.807) is 17.4 Å². The van der Waals surface area contributed by atoms with Crippen molar-refractivity contribution in [1.82, 2.24) is 5.32 Å². The standard InChI is InChI=1S/C15H17BrN2O2S/c1-15(2,14-4-3-5-21-14)10-17-9-11-6-12(16)8-13(7-11)18(19)20/h3-8,17H,9-10H2,1-2H3. The number of hydrogen-bond acceptors (Lipinski definition) is 4. The molecule has 4 nitrogen and oxygen atoms in total. The molecule has 0 amide bonds. The maximum absolute atomic E-state index is 10.9. The van der Waals surface area contributed by atoms with Crippen LogP contribution in [-0.4, -0.2) is 11.5 Å². The Bertz CT molecular complexity index is 627. The van der Waals surface area contributed by atoms with Crippen LogP contribution in [0.3, 0.4) is 0 Å². The van der Waals surface area contributed by atoms with Gasteiger partial charge >= 0.3 is 0 Å². The molecule has 112 valence electrons. The van der Waals surface area contributed by atoms with Gasteiger partial charge in [0.25, 0.3) is 5.69 Å². The number of thiophene rings is 1. The van der Waals surface area contributed by atoms with E-state index in [4.69, 9.17) is 0 Å². The number of non-ortho nitro benzene ring substituents is 1. The molecule has 2 rings (SSSR count). The van der Waals surface area contributed by atoms with Crippen LogP contribution in [0.5, 0.6) is 0 Å². The van der Waals surface area contributed by atoms with Crippen molar-refractivity contribution in [2.45, 2.75) is 25.8 Å². The van der Waals surface area contributed by atoms with Crippen LogP contribution in [0, 0.1) is 10.1 Å². The molecule has 0 fully saturated rings. The van der Waals surface area contributed by atoms with E-state index in [1.807, 2.05) is 6.07 Å². The number of nitro groups is 1. The highest BCUT2D eigenvalue weighted by molar-refractivity contribution is 9.10. The van der Waals surface area contributed by atoms with Crippen molar-refractivity contribution < 1.29 is 4.92 Å². The number of hydrogen-bond donors (Lipinski definition) is 1. The Morgan fingerprint density at radius 3 is 2.76 bits per heavy atom. The normalized spacial score (nSPS) is 11.6. The van der Waals surface area contributed by atoms with Crippen molar-refractivity contribution in [2.75, 3.05) is 6.54 Å². The van der Waals surface area contributed by atoms with Gasteiger partial charge < -0.3 is 5.32 Å². The third kappa shape index (κ3) is 4.36. The van der Waals surface area contributed by atoms with E-state index in [9.17, 15) is 10.1 Å². The summed E-state index contributed by atoms with van der Waals surface area (Å²) in [5, 5.41) is 16.3. The minimum Gasteiger partial charge on any atom is -0.312 e. The molecule has 0 aliphatic carbocycles. The third-order valence-electron chi connectivity index (χ3n) is 3.24. The molecule has 21 heavy (non-hydrogen) atoms. The highest BCUT2D eigenvalue weighted by Gasteiger charge is 2.21. The van der Waals surface area contributed by atoms with Gasteiger partial charge in [0.2, 0.25) is 0 Å². The van der Waals surface area contributed by atoms with E-state index in [0.717, 1.165) is 16.6 Å². The lowest BCUT2D eigenvalue weighted by Crippen LogP contribution is -2.31. The number of nitrogens with one attached hydrogen (secondary N) is 1. The monoisotopic (exact) mass is 368 g/mol. The highest BCUT2D eigenvalue weighted by atomic mass is 79.9. The number of benzene rings is 1. The Morgan fingerprint density at radius 1 is 1.38 bits per heavy atom. The quantitative estimate of drug-likeness (QED) is 0.603. The fraction of sp³-hybridized carbons (Fsp3) is 0.333. The first kappa shape index (κ1) is 16.1. The second-order valence-corrected chi connectivity index (χ2v) is 7.40. The summed E-state index contributed by atoms with van der Waals surface area (Å²) < 4.78 is 0.728. The first-order valence-electron chi connectivity index (χ1n) is 6.57. The second kappa shape index (κ2) is 6.68. The van der Waals surface area contributed by atoms with Crippen LogP contribution in [-0.2, 0) is 12.0 Å². The second-order valence-electron chi connectivity index (χ2n) is 5.54. The molecule has 1 aromatic carbocycles. The predicted octanol–water partition coefficient (Wildman–Crippen LogP) is 4.49. The minimum atomic E-state index is -0.371. The van der Waals surface area contributed by atoms with Crippen LogP contribution in [0.4, 0.5) is 5.69 Å². The van der Waals surface area contributed by atoms with Gasteiger partial charge in [-0.25, -0.2) is 0 Å². The fourth-order valence-electron chi connectivity index (χ4n) is 2.11. The largest absolute Gasteiger partial charge is 0.312 e. The molecule has 1 N–H and O–H groups in total. The summed E-state index contributed by atoms with van der Waals surface area (Å²) in [5.41, 5.74) is 1.06. The van der Waals surface area contributed by atoms with Gasteiger partial charge in [0.15, 0.2) is 0 Å². The van der Waals surface area contributed by atoms with E-state index in [0.29, 0.717) is 6.54 Å². The molecule has 0 unspecified atom stereocenters. The zero-order valence-corrected chi connectivity index (χ0v) is 14.3. The molecule has 0 bridgehead atoms. The lowest BCUT2D eigenvalue weighted by molar-refractivity contribution is -0.385. The van der Waals surface area contributed by atoms with Gasteiger partial charge in [-0.2, -0.15) is 0 Å². The van der Waals surface area contributed by atoms with Gasteiger partial charge in [-0.05, 0) is 23.1 Å². The summed E-state index contributed by atoms with van der Waals surface area (Å²) in [4.78, 5) is 11.8. The first-order chi connectivity index (χ1) is 9.88. The topological polar surface area (TPSA) is 55.2 Å². The molecule has 1 aromatic heterocycles. The third-order valence-corrected chi connectivity index (χ3v) is 4.93. The molecule has 0 aliphatic heterocycles. The molecule has 0 spiro atoms. The van der Waals surface area contributed by atoms with Crippen LogP contribution < -0.4 is 5.32 Å². The van der Waals surface area contributed by atoms with E-state index in [1.165, 1.54) is 10.9 Å². The molecule has 1 heterocycles. The Balaban J connectivity index is 1.99. The molecular formula is C15H17BrN2O2S. The fourth-order valence-corrected chi connectivity index (χ4v) is 3.49. The molecule has 0 saturated carbocycles. The van der Waals surface area contributed by atoms with E-state index in [2.05, 4.69) is 52.6 Å². The molecule has 0 aliphatic rings. The summed E-state index contributed by atoms with van der Waals surface area (Å²) in [6, 6.07) is 9.21. The van der Waals surface area contributed by atoms with Crippen LogP contribution in [0.1, 0.15) is 24.3 Å². The summed E-state index contributed by atoms with van der Waals surface area (Å²) in [6.45, 7) is 5.80. The lowest BCUT2D eigenvalue weighted by Gasteiger charge is -2.23. The maximum atomic E-state index is 10.9. The average Bonchev–Trinajstić information content (AvgIpc) is 2.92. The highest BCUT2D eigenvalue weighted by Crippen LogP contribution is 2.27. The smallest absolute Gasteiger partial charge is 0.270 e. The number of nitrogens with zero attached hydrogens (tertiary/aromatic N) is 1. The molecule has 0 atom stereocenters. The summed E-state index contributed by atoms with van der Waals surface area (Å²) >= 11 is 5.06. The van der Waals surface area contributed by atoms with Gasteiger partial charge in [-0.15, -0.1) is 11.3 Å². The number of halogens is 1. The Labute approximate surface area is 136 Å². The summed E-state index contributed by atoms with van der Waals surface area (Å²) in [5.74, 6) is 0. The molecule has 6 heteroatoms. The maximum Gasteiger partial charge on any atom is 0.270 e. The van der Waals surface area contributed by atoms with Crippen LogP contribution in [0.15, 0.2) is 40.2 Å². The molecular weight excluding hydrogens is 352 g/mol. The van der Waals surface area contributed by atoms with Crippen LogP contribution in [0.25, 0.3) is 0 Å². The Hall–Kier alpha value is -1.24. The van der Waals surface area contributed by atoms with Crippen molar-refractivity contribution in [3.8, 4) is 0 Å². The van der Waals surface area contributed by atoms with E-state index in [-0.39, 0.29) is 16.0 Å². The van der Waals surface area contributed by atoms with Crippen molar-refractivity contribution in [1.29, 1.82) is 0 Å². The van der Waals surface area contributed by atoms with Gasteiger partial charge in [-0.3, -0.25) is 10.1 Å². The molecule has 0 radical (unpaired) electrons. The van der Waals surface area contributed by atoms with E-state index < -0.39 is 0 Å². The van der Waals surface area contributed by atoms with Gasteiger partial charge in [0, 0.05) is 40.0 Å². The zero-order chi connectivity index (χ0) is 15.5. The van der Waals surface area contributed by atoms with Crippen molar-refractivity contribution in [3.05, 3.63) is 60.7 Å². The average molecular weight is 369 g/mol. The van der Waals surface area contributed by atoms with Crippen LogP contribution in [0.2, 0.25) is 0 Å². The van der Waals surface area contributed by atoms with Crippen LogP contribution >= 0.6 is 27.3 Å². The molecule has 0 saturated heterocycles. The minimum absolute atomic E-state index is 0.0477. The SMILES string of the molecule is CC(C)(CNCc1cc(Br)cc([N+](=O)[O-])c1)c1cccs1. The first-order valence-corrected chi connectivity index (χ1v) is 8.24. The van der Waals surface area contributed by atoms with E-state index >= 15 is 0 Å². The number of rotatable bonds is 6. The summed E-state index contributed by atoms with van der Waals surface area (Å²) in [6.07, 6.45) is 0. The Kier molecular flexibility index (Phi) is 5.13. The van der Waals surface area contributed by atoms with Gasteiger partial charge in [-0.1, -0.05) is 35.8 Å². The zero-order valence-electron chi connectivity index (χ0n) is 11.9. The van der Waals surface area contributed by atoms with Crippen molar-refractivity contribution >= 4 is 33.0 Å². The predicted molar refractivity (Wildman–Crippen MR) is 89.8 cm³/mol. The number of nitro benzene ring substituents is 1. The van der Waals surface area contributed by atoms with Gasteiger partial charge in [0.1, 0.15) is 0 Å². The van der Waals surface area contributed by atoms with Crippen molar-refractivity contribution in [3.63, 3.8) is 0 Å². The van der Waals surface area contributed by atoms with Crippen molar-refractivity contribution in [2.24, 2.45) is 0 Å². The summed E-state index contributed by atoms with van der Waals surface area (Å²) in [7, 11) is 0. The molecule has 2 aromatic rings. The lowest BCUT2D eigenvalue weighted by atomic mass is 9.91. The Morgan fingerprint density at radius 2 is 2.14 bits per heavy atom. The van der Waals surface area contributed by atoms with Gasteiger partial charge in [0.05, 0.1) is 4.92 Å².